The second kappa shape index (κ2) is 5.34. The molecule has 1 saturated carbocycles. The fourth-order valence-corrected chi connectivity index (χ4v) is 2.11. The average molecular weight is 245 g/mol. The third kappa shape index (κ3) is 3.19. The minimum absolute atomic E-state index is 0.0762. The van der Waals surface area contributed by atoms with Crippen molar-refractivity contribution in [1.29, 1.82) is 0 Å². The van der Waals surface area contributed by atoms with Gasteiger partial charge in [-0.05, 0) is 19.3 Å². The summed E-state index contributed by atoms with van der Waals surface area (Å²) in [4.78, 5) is 23.7. The number of amides is 1. The highest BCUT2D eigenvalue weighted by atomic mass is 16.2. The molecule has 1 aromatic rings. The van der Waals surface area contributed by atoms with Gasteiger partial charge in [0.1, 0.15) is 0 Å². The van der Waals surface area contributed by atoms with Crippen LogP contribution < -0.4 is 5.32 Å². The van der Waals surface area contributed by atoms with E-state index in [-0.39, 0.29) is 23.7 Å². The van der Waals surface area contributed by atoms with E-state index in [9.17, 15) is 9.59 Å². The molecule has 3 atom stereocenters. The molecular formula is C15H19NO2. The third-order valence-electron chi connectivity index (χ3n) is 3.42. The van der Waals surface area contributed by atoms with Gasteiger partial charge in [0.25, 0.3) is 0 Å². The molecule has 0 spiro atoms. The van der Waals surface area contributed by atoms with Crippen molar-refractivity contribution in [3.63, 3.8) is 0 Å². The number of carbonyl (C=O) groups excluding carboxylic acids is 2. The van der Waals surface area contributed by atoms with Crippen LogP contribution in [0.5, 0.6) is 0 Å². The third-order valence-corrected chi connectivity index (χ3v) is 3.42. The Morgan fingerprint density at radius 2 is 1.94 bits per heavy atom. The molecule has 1 amide bonds. The maximum absolute atomic E-state index is 11.9. The first-order valence-electron chi connectivity index (χ1n) is 6.46. The van der Waals surface area contributed by atoms with Gasteiger partial charge in [-0.15, -0.1) is 0 Å². The highest BCUT2D eigenvalue weighted by Gasteiger charge is 2.39. The molecule has 0 heterocycles. The number of ketones is 1. The van der Waals surface area contributed by atoms with E-state index in [0.717, 1.165) is 6.42 Å². The second-order valence-electron chi connectivity index (χ2n) is 5.22. The summed E-state index contributed by atoms with van der Waals surface area (Å²) in [5.41, 5.74) is 0.707. The summed E-state index contributed by atoms with van der Waals surface area (Å²) in [6.07, 6.45) is 1.34. The number of nitrogens with one attached hydrogen (secondary N) is 1. The van der Waals surface area contributed by atoms with E-state index in [1.54, 1.807) is 12.1 Å². The van der Waals surface area contributed by atoms with Crippen molar-refractivity contribution in [2.24, 2.45) is 11.8 Å². The number of benzene rings is 1. The van der Waals surface area contributed by atoms with E-state index in [4.69, 9.17) is 0 Å². The van der Waals surface area contributed by atoms with Crippen molar-refractivity contribution in [3.8, 4) is 0 Å². The summed E-state index contributed by atoms with van der Waals surface area (Å²) in [6.45, 7) is 3.95. The summed E-state index contributed by atoms with van der Waals surface area (Å²) in [6, 6.07) is 9.10. The van der Waals surface area contributed by atoms with E-state index in [1.165, 1.54) is 0 Å². The van der Waals surface area contributed by atoms with Crippen molar-refractivity contribution in [2.45, 2.75) is 32.7 Å². The van der Waals surface area contributed by atoms with Crippen molar-refractivity contribution in [2.75, 3.05) is 0 Å². The van der Waals surface area contributed by atoms with Crippen LogP contribution in [0.25, 0.3) is 0 Å². The quantitative estimate of drug-likeness (QED) is 0.810. The Morgan fingerprint density at radius 1 is 1.33 bits per heavy atom. The summed E-state index contributed by atoms with van der Waals surface area (Å²) in [5.74, 6) is 0.837. The Kier molecular flexibility index (Phi) is 3.80. The Bertz CT molecular complexity index is 441. The first kappa shape index (κ1) is 12.8. The molecule has 0 saturated heterocycles. The SMILES string of the molecule is C[C@H](CC(=O)c1ccccc1)NC(=O)[C@@H]1C[C@H]1C. The number of Topliss-reactive ketones (excluding diaryl/α,β-unsaturated/α-hetero) is 1. The molecule has 1 aromatic carbocycles. The van der Waals surface area contributed by atoms with Crippen LogP contribution in [0.15, 0.2) is 30.3 Å². The van der Waals surface area contributed by atoms with E-state index in [1.807, 2.05) is 25.1 Å². The number of carbonyl (C=O) groups is 2. The van der Waals surface area contributed by atoms with Crippen LogP contribution in [0.2, 0.25) is 0 Å². The zero-order valence-electron chi connectivity index (χ0n) is 10.8. The molecule has 0 unspecified atom stereocenters. The topological polar surface area (TPSA) is 46.2 Å². The van der Waals surface area contributed by atoms with Gasteiger partial charge >= 0.3 is 0 Å². The lowest BCUT2D eigenvalue weighted by Crippen LogP contribution is -2.35. The maximum atomic E-state index is 11.9. The first-order chi connectivity index (χ1) is 8.58. The molecule has 0 bridgehead atoms. The van der Waals surface area contributed by atoms with Crippen LogP contribution in [-0.2, 0) is 4.79 Å². The lowest BCUT2D eigenvalue weighted by Gasteiger charge is -2.13. The van der Waals surface area contributed by atoms with Gasteiger partial charge < -0.3 is 5.32 Å². The van der Waals surface area contributed by atoms with Gasteiger partial charge in [0, 0.05) is 23.9 Å². The van der Waals surface area contributed by atoms with Crippen LogP contribution in [0.3, 0.4) is 0 Å². The predicted octanol–water partition coefficient (Wildman–Crippen LogP) is 2.42. The molecule has 0 radical (unpaired) electrons. The zero-order valence-corrected chi connectivity index (χ0v) is 10.8. The highest BCUT2D eigenvalue weighted by Crippen LogP contribution is 2.37. The second-order valence-corrected chi connectivity index (χ2v) is 5.22. The molecule has 1 fully saturated rings. The predicted molar refractivity (Wildman–Crippen MR) is 70.3 cm³/mol. The van der Waals surface area contributed by atoms with E-state index < -0.39 is 0 Å². The summed E-state index contributed by atoms with van der Waals surface area (Å²) < 4.78 is 0. The molecule has 1 aliphatic rings. The van der Waals surface area contributed by atoms with Crippen LogP contribution in [0, 0.1) is 11.8 Å². The van der Waals surface area contributed by atoms with Gasteiger partial charge in [-0.2, -0.15) is 0 Å². The van der Waals surface area contributed by atoms with Crippen molar-refractivity contribution >= 4 is 11.7 Å². The van der Waals surface area contributed by atoms with Gasteiger partial charge in [0.05, 0.1) is 0 Å². The normalized spacial score (nSPS) is 23.2. The Balaban J connectivity index is 1.82. The molecule has 0 aromatic heterocycles. The molecule has 1 aliphatic carbocycles. The van der Waals surface area contributed by atoms with Gasteiger partial charge in [-0.25, -0.2) is 0 Å². The van der Waals surface area contributed by atoms with E-state index >= 15 is 0 Å². The van der Waals surface area contributed by atoms with Crippen molar-refractivity contribution in [1.82, 2.24) is 5.32 Å². The fourth-order valence-electron chi connectivity index (χ4n) is 2.11. The number of hydrogen-bond donors (Lipinski definition) is 1. The molecule has 18 heavy (non-hydrogen) atoms. The number of hydrogen-bond acceptors (Lipinski definition) is 2. The summed E-state index contributed by atoms with van der Waals surface area (Å²) in [7, 11) is 0. The summed E-state index contributed by atoms with van der Waals surface area (Å²) in [5, 5.41) is 2.91. The van der Waals surface area contributed by atoms with Crippen LogP contribution in [0.1, 0.15) is 37.0 Å². The van der Waals surface area contributed by atoms with Gasteiger partial charge in [-0.3, -0.25) is 9.59 Å². The summed E-state index contributed by atoms with van der Waals surface area (Å²) >= 11 is 0. The molecule has 3 heteroatoms. The lowest BCUT2D eigenvalue weighted by molar-refractivity contribution is -0.123. The van der Waals surface area contributed by atoms with Gasteiger partial charge in [0.15, 0.2) is 5.78 Å². The molecular weight excluding hydrogens is 226 g/mol. The largest absolute Gasteiger partial charge is 0.353 e. The first-order valence-corrected chi connectivity index (χ1v) is 6.46. The number of rotatable bonds is 5. The zero-order chi connectivity index (χ0) is 13.1. The van der Waals surface area contributed by atoms with Crippen molar-refractivity contribution in [3.05, 3.63) is 35.9 Å². The van der Waals surface area contributed by atoms with Crippen LogP contribution in [0.4, 0.5) is 0 Å². The van der Waals surface area contributed by atoms with Crippen LogP contribution >= 0.6 is 0 Å². The monoisotopic (exact) mass is 245 g/mol. The molecule has 2 rings (SSSR count). The Hall–Kier alpha value is -1.64. The standard InChI is InChI=1S/C15H19NO2/c1-10-8-13(10)15(18)16-11(2)9-14(17)12-6-4-3-5-7-12/h3-7,10-11,13H,8-9H2,1-2H3,(H,16,18)/t10-,11-,13-/m1/s1. The maximum Gasteiger partial charge on any atom is 0.223 e. The highest BCUT2D eigenvalue weighted by molar-refractivity contribution is 5.96. The smallest absolute Gasteiger partial charge is 0.223 e. The molecule has 1 N–H and O–H groups in total. The fraction of sp³-hybridized carbons (Fsp3) is 0.467. The minimum Gasteiger partial charge on any atom is -0.353 e. The van der Waals surface area contributed by atoms with Gasteiger partial charge in [-0.1, -0.05) is 37.3 Å². The van der Waals surface area contributed by atoms with Crippen LogP contribution in [-0.4, -0.2) is 17.7 Å². The van der Waals surface area contributed by atoms with Crippen molar-refractivity contribution < 1.29 is 9.59 Å². The Labute approximate surface area is 108 Å². The lowest BCUT2D eigenvalue weighted by atomic mass is 10.0. The van der Waals surface area contributed by atoms with E-state index in [0.29, 0.717) is 17.9 Å². The van der Waals surface area contributed by atoms with Gasteiger partial charge in [0.2, 0.25) is 5.91 Å². The average Bonchev–Trinajstić information content (AvgIpc) is 3.07. The molecule has 3 nitrogen and oxygen atoms in total. The van der Waals surface area contributed by atoms with E-state index in [2.05, 4.69) is 12.2 Å². The Morgan fingerprint density at radius 3 is 2.50 bits per heavy atom. The molecule has 96 valence electrons. The minimum atomic E-state index is -0.0991. The molecule has 0 aliphatic heterocycles.